The van der Waals surface area contributed by atoms with E-state index in [-0.39, 0.29) is 11.8 Å². The summed E-state index contributed by atoms with van der Waals surface area (Å²) in [6.45, 7) is 3.12. The molecule has 1 aromatic rings. The molecular weight excluding hydrogens is 298 g/mol. The molecule has 1 aromatic heterocycles. The lowest BCUT2D eigenvalue weighted by molar-refractivity contribution is 0.467. The van der Waals surface area contributed by atoms with Gasteiger partial charge in [-0.2, -0.15) is 10.1 Å². The van der Waals surface area contributed by atoms with Gasteiger partial charge < -0.3 is 0 Å². The van der Waals surface area contributed by atoms with Crippen molar-refractivity contribution in [2.75, 3.05) is 0 Å². The monoisotopic (exact) mass is 331 g/mol. The Kier molecular flexibility index (Phi) is 8.80. The Morgan fingerprint density at radius 1 is 1.00 bits per heavy atom. The number of rotatable bonds is 12. The predicted octanol–water partition coefficient (Wildman–Crippen LogP) is 5.00. The summed E-state index contributed by atoms with van der Waals surface area (Å²) in [5.74, 6) is 1.07. The second-order valence-corrected chi connectivity index (χ2v) is 7.20. The van der Waals surface area contributed by atoms with E-state index in [0.717, 1.165) is 38.1 Å². The van der Waals surface area contributed by atoms with Crippen LogP contribution in [0.2, 0.25) is 0 Å². The van der Waals surface area contributed by atoms with E-state index >= 15 is 0 Å². The highest BCUT2D eigenvalue weighted by Crippen LogP contribution is 2.37. The Balaban J connectivity index is 1.53. The van der Waals surface area contributed by atoms with Crippen molar-refractivity contribution in [1.29, 1.82) is 5.26 Å². The Morgan fingerprint density at radius 2 is 1.67 bits per heavy atom. The predicted molar refractivity (Wildman–Crippen MR) is 95.4 cm³/mol. The van der Waals surface area contributed by atoms with Gasteiger partial charge >= 0.3 is 0 Å². The first-order valence-corrected chi connectivity index (χ1v) is 10.0. The number of hydrogen-bond donors (Lipinski definition) is 0. The zero-order valence-corrected chi connectivity index (χ0v) is 15.3. The molecule has 2 rings (SSSR count). The van der Waals surface area contributed by atoms with Crippen LogP contribution in [0.25, 0.3) is 0 Å². The molecule has 0 aromatic carbocycles. The fourth-order valence-electron chi connectivity index (χ4n) is 3.66. The van der Waals surface area contributed by atoms with E-state index in [0.29, 0.717) is 0 Å². The lowest BCUT2D eigenvalue weighted by Crippen LogP contribution is -2.07. The van der Waals surface area contributed by atoms with Crippen LogP contribution in [0, 0.1) is 17.2 Å². The molecule has 24 heavy (non-hydrogen) atoms. The van der Waals surface area contributed by atoms with Gasteiger partial charge in [-0.05, 0) is 24.5 Å². The molecule has 0 radical (unpaired) electrons. The number of tetrazole rings is 1. The summed E-state index contributed by atoms with van der Waals surface area (Å²) in [5.41, 5.74) is 0. The number of nitriles is 1. The third-order valence-corrected chi connectivity index (χ3v) is 5.19. The van der Waals surface area contributed by atoms with Crippen molar-refractivity contribution in [2.24, 2.45) is 5.92 Å². The highest BCUT2D eigenvalue weighted by molar-refractivity contribution is 5.06. The minimum atomic E-state index is 0.0833. The Morgan fingerprint density at radius 3 is 2.33 bits per heavy atom. The van der Waals surface area contributed by atoms with Crippen LogP contribution in [-0.4, -0.2) is 20.2 Å². The van der Waals surface area contributed by atoms with Crippen LogP contribution >= 0.6 is 0 Å². The summed E-state index contributed by atoms with van der Waals surface area (Å²) in [7, 11) is 0. The van der Waals surface area contributed by atoms with Crippen molar-refractivity contribution in [3.05, 3.63) is 5.82 Å². The quantitative estimate of drug-likeness (QED) is 0.505. The van der Waals surface area contributed by atoms with Crippen molar-refractivity contribution in [2.45, 2.75) is 103 Å². The average Bonchev–Trinajstić information content (AvgIpc) is 3.24. The topological polar surface area (TPSA) is 67.4 Å². The van der Waals surface area contributed by atoms with Crippen LogP contribution in [0.15, 0.2) is 0 Å². The third kappa shape index (κ3) is 6.22. The molecule has 1 fully saturated rings. The largest absolute Gasteiger partial charge is 0.198 e. The normalized spacial score (nSPS) is 20.3. The first kappa shape index (κ1) is 18.9. The van der Waals surface area contributed by atoms with Crippen LogP contribution in [0.5, 0.6) is 0 Å². The lowest BCUT2D eigenvalue weighted by atomic mass is 9.97. The van der Waals surface area contributed by atoms with E-state index in [1.807, 2.05) is 0 Å². The van der Waals surface area contributed by atoms with Gasteiger partial charge in [0, 0.05) is 5.92 Å². The second kappa shape index (κ2) is 11.2. The molecule has 1 aliphatic carbocycles. The van der Waals surface area contributed by atoms with Crippen molar-refractivity contribution >= 4 is 0 Å². The maximum absolute atomic E-state index is 9.18. The standard InChI is InChI=1S/C19H33N5/c1-2-3-4-5-6-7-8-9-10-11-15-24-22-19(21-23-24)18-14-12-13-17(18)16-20/h17-18H,2-15H2,1H3. The second-order valence-electron chi connectivity index (χ2n) is 7.20. The van der Waals surface area contributed by atoms with Crippen molar-refractivity contribution in [3.8, 4) is 6.07 Å². The first-order valence-electron chi connectivity index (χ1n) is 10.0. The molecule has 5 heteroatoms. The zero-order valence-electron chi connectivity index (χ0n) is 15.3. The molecule has 5 nitrogen and oxygen atoms in total. The number of aromatic nitrogens is 4. The molecule has 1 heterocycles. The molecular formula is C19H33N5. The SMILES string of the molecule is CCCCCCCCCCCCn1nnc(C2CCCC2C#N)n1. The van der Waals surface area contributed by atoms with Gasteiger partial charge in [-0.15, -0.1) is 10.2 Å². The molecule has 0 spiro atoms. The zero-order chi connectivity index (χ0) is 17.0. The van der Waals surface area contributed by atoms with E-state index < -0.39 is 0 Å². The Hall–Kier alpha value is -1.44. The lowest BCUT2D eigenvalue weighted by Gasteiger charge is -2.07. The number of hydrogen-bond acceptors (Lipinski definition) is 4. The van der Waals surface area contributed by atoms with Crippen LogP contribution in [0.4, 0.5) is 0 Å². The minimum Gasteiger partial charge on any atom is -0.198 e. The fourth-order valence-corrected chi connectivity index (χ4v) is 3.66. The number of aryl methyl sites for hydroxylation is 1. The highest BCUT2D eigenvalue weighted by atomic mass is 15.6. The van der Waals surface area contributed by atoms with Crippen molar-refractivity contribution in [1.82, 2.24) is 20.2 Å². The van der Waals surface area contributed by atoms with E-state index in [1.54, 1.807) is 4.80 Å². The Labute approximate surface area is 146 Å². The summed E-state index contributed by atoms with van der Waals surface area (Å²) in [4.78, 5) is 1.73. The molecule has 0 saturated heterocycles. The van der Waals surface area contributed by atoms with Gasteiger partial charge in [0.15, 0.2) is 5.82 Å². The first-order chi connectivity index (χ1) is 11.8. The summed E-state index contributed by atoms with van der Waals surface area (Å²) < 4.78 is 0. The molecule has 0 N–H and O–H groups in total. The molecule has 1 aliphatic rings. The summed E-state index contributed by atoms with van der Waals surface area (Å²) in [5, 5.41) is 22.0. The maximum Gasteiger partial charge on any atom is 0.179 e. The van der Waals surface area contributed by atoms with Gasteiger partial charge in [0.2, 0.25) is 0 Å². The minimum absolute atomic E-state index is 0.0833. The number of nitrogens with zero attached hydrogens (tertiary/aromatic N) is 5. The van der Waals surface area contributed by atoms with Crippen molar-refractivity contribution < 1.29 is 0 Å². The van der Waals surface area contributed by atoms with Crippen LogP contribution in [0.3, 0.4) is 0 Å². The molecule has 2 unspecified atom stereocenters. The highest BCUT2D eigenvalue weighted by Gasteiger charge is 2.31. The summed E-state index contributed by atoms with van der Waals surface area (Å²) in [6.07, 6.45) is 16.5. The maximum atomic E-state index is 9.18. The Bertz CT molecular complexity index is 490. The summed E-state index contributed by atoms with van der Waals surface area (Å²) in [6, 6.07) is 2.39. The number of unbranched alkanes of at least 4 members (excludes halogenated alkanes) is 9. The van der Waals surface area contributed by atoms with Crippen LogP contribution in [0.1, 0.15) is 102 Å². The van der Waals surface area contributed by atoms with E-state index in [4.69, 9.17) is 0 Å². The van der Waals surface area contributed by atoms with Crippen molar-refractivity contribution in [3.63, 3.8) is 0 Å². The molecule has 134 valence electrons. The molecule has 0 amide bonds. The van der Waals surface area contributed by atoms with E-state index in [1.165, 1.54) is 57.8 Å². The fraction of sp³-hybridized carbons (Fsp3) is 0.895. The van der Waals surface area contributed by atoms with E-state index in [9.17, 15) is 5.26 Å². The molecule has 2 atom stereocenters. The van der Waals surface area contributed by atoms with Gasteiger partial charge in [0.05, 0.1) is 18.5 Å². The summed E-state index contributed by atoms with van der Waals surface area (Å²) >= 11 is 0. The van der Waals surface area contributed by atoms with Gasteiger partial charge in [0.25, 0.3) is 0 Å². The van der Waals surface area contributed by atoms with E-state index in [2.05, 4.69) is 28.4 Å². The van der Waals surface area contributed by atoms with Gasteiger partial charge in [-0.25, -0.2) is 0 Å². The molecule has 1 saturated carbocycles. The van der Waals surface area contributed by atoms with Gasteiger partial charge in [-0.1, -0.05) is 71.1 Å². The van der Waals surface area contributed by atoms with Gasteiger partial charge in [-0.3, -0.25) is 0 Å². The van der Waals surface area contributed by atoms with Crippen LogP contribution < -0.4 is 0 Å². The molecule has 0 bridgehead atoms. The van der Waals surface area contributed by atoms with Crippen LogP contribution in [-0.2, 0) is 6.54 Å². The average molecular weight is 332 g/mol. The molecule has 0 aliphatic heterocycles. The smallest absolute Gasteiger partial charge is 0.179 e. The van der Waals surface area contributed by atoms with Gasteiger partial charge in [0.1, 0.15) is 0 Å². The third-order valence-electron chi connectivity index (χ3n) is 5.19.